The van der Waals surface area contributed by atoms with E-state index in [1.807, 2.05) is 0 Å². The topological polar surface area (TPSA) is 58.6 Å². The number of nitrogens with one attached hydrogen (secondary N) is 1. The number of rotatable bonds is 3. The molecule has 0 saturated carbocycles. The maximum atomic E-state index is 12.7. The van der Waals surface area contributed by atoms with Gasteiger partial charge in [0, 0.05) is 0 Å². The van der Waals surface area contributed by atoms with Gasteiger partial charge < -0.3 is 15.2 Å². The summed E-state index contributed by atoms with van der Waals surface area (Å²) in [6.45, 7) is 0. The van der Waals surface area contributed by atoms with Gasteiger partial charge in [-0.1, -0.05) is 6.07 Å². The van der Waals surface area contributed by atoms with Crippen molar-refractivity contribution in [1.82, 2.24) is 0 Å². The lowest BCUT2D eigenvalue weighted by molar-refractivity contribution is -0.144. The van der Waals surface area contributed by atoms with Gasteiger partial charge in [-0.3, -0.25) is 4.79 Å². The number of anilines is 1. The van der Waals surface area contributed by atoms with Crippen molar-refractivity contribution in [1.29, 1.82) is 0 Å². The summed E-state index contributed by atoms with van der Waals surface area (Å²) in [6, 6.07) is 1.47. The number of carboxylic acid groups (broad SMARTS) is 1. The Balaban J connectivity index is 2.35. The minimum absolute atomic E-state index is 0.0732. The third kappa shape index (κ3) is 2.97. The van der Waals surface area contributed by atoms with E-state index in [9.17, 15) is 18.0 Å². The third-order valence-corrected chi connectivity index (χ3v) is 3.23. The van der Waals surface area contributed by atoms with Gasteiger partial charge in [-0.05, 0) is 30.0 Å². The highest BCUT2D eigenvalue weighted by molar-refractivity contribution is 5.73. The van der Waals surface area contributed by atoms with Crippen LogP contribution in [0.2, 0.25) is 0 Å². The molecule has 0 radical (unpaired) electrons. The van der Waals surface area contributed by atoms with Crippen LogP contribution in [0.3, 0.4) is 0 Å². The third-order valence-electron chi connectivity index (χ3n) is 3.23. The van der Waals surface area contributed by atoms with E-state index in [1.54, 1.807) is 6.07 Å². The molecule has 0 bridgehead atoms. The first kappa shape index (κ1) is 14.5. The molecular formula is C13H14F3NO3. The number of aryl methyl sites for hydroxylation is 1. The Bertz CT molecular complexity index is 511. The molecule has 2 rings (SSSR count). The van der Waals surface area contributed by atoms with Crippen LogP contribution >= 0.6 is 0 Å². The molecule has 0 spiro atoms. The first-order chi connectivity index (χ1) is 9.31. The Labute approximate surface area is 113 Å². The number of ether oxygens (including phenoxy) is 1. The highest BCUT2D eigenvalue weighted by Gasteiger charge is 2.41. The monoisotopic (exact) mass is 289 g/mol. The maximum Gasteiger partial charge on any atom is 0.408 e. The number of aliphatic carboxylic acids is 1. The van der Waals surface area contributed by atoms with Crippen LogP contribution in [0.1, 0.15) is 17.5 Å². The lowest BCUT2D eigenvalue weighted by Crippen LogP contribution is -2.39. The molecule has 0 amide bonds. The van der Waals surface area contributed by atoms with Crippen LogP contribution in [0.15, 0.2) is 12.1 Å². The molecule has 1 unspecified atom stereocenters. The molecule has 20 heavy (non-hydrogen) atoms. The van der Waals surface area contributed by atoms with E-state index in [1.165, 1.54) is 13.2 Å². The summed E-state index contributed by atoms with van der Waals surface area (Å²) in [7, 11) is 1.35. The van der Waals surface area contributed by atoms with Gasteiger partial charge in [0.2, 0.25) is 0 Å². The van der Waals surface area contributed by atoms with Gasteiger partial charge in [0.05, 0.1) is 19.2 Å². The van der Waals surface area contributed by atoms with Gasteiger partial charge in [-0.2, -0.15) is 13.2 Å². The summed E-state index contributed by atoms with van der Waals surface area (Å²) >= 11 is 0. The lowest BCUT2D eigenvalue weighted by atomic mass is 9.94. The predicted octanol–water partition coefficient (Wildman–Crippen LogP) is 2.61. The van der Waals surface area contributed by atoms with E-state index in [2.05, 4.69) is 5.32 Å². The van der Waals surface area contributed by atoms with Crippen molar-refractivity contribution >= 4 is 11.7 Å². The molecule has 110 valence electrons. The van der Waals surface area contributed by atoms with Crippen molar-refractivity contribution in [3.8, 4) is 5.75 Å². The van der Waals surface area contributed by atoms with Crippen LogP contribution in [0.5, 0.6) is 5.75 Å². The first-order valence-corrected chi connectivity index (χ1v) is 6.06. The van der Waals surface area contributed by atoms with Crippen LogP contribution in [0.4, 0.5) is 18.9 Å². The summed E-state index contributed by atoms with van der Waals surface area (Å²) in [6.07, 6.45) is -4.35. The number of alkyl halides is 3. The minimum atomic E-state index is -4.32. The smallest absolute Gasteiger partial charge is 0.408 e. The van der Waals surface area contributed by atoms with Crippen LogP contribution in [-0.2, 0) is 17.6 Å². The van der Waals surface area contributed by atoms with Crippen molar-refractivity contribution < 1.29 is 27.8 Å². The number of carboxylic acids is 1. The Morgan fingerprint density at radius 2 is 2.20 bits per heavy atom. The fraction of sp³-hybridized carbons (Fsp3) is 0.462. The molecule has 7 heteroatoms. The van der Waals surface area contributed by atoms with E-state index in [0.29, 0.717) is 16.8 Å². The molecule has 1 heterocycles. The highest BCUT2D eigenvalue weighted by atomic mass is 19.4. The van der Waals surface area contributed by atoms with E-state index in [4.69, 9.17) is 9.84 Å². The normalized spacial score (nSPS) is 18.1. The number of halogens is 3. The van der Waals surface area contributed by atoms with E-state index >= 15 is 0 Å². The summed E-state index contributed by atoms with van der Waals surface area (Å²) in [4.78, 5) is 10.7. The summed E-state index contributed by atoms with van der Waals surface area (Å²) in [5, 5.41) is 11.2. The molecule has 0 saturated heterocycles. The molecule has 1 aliphatic heterocycles. The van der Waals surface area contributed by atoms with Crippen molar-refractivity contribution in [2.45, 2.75) is 31.5 Å². The Hall–Kier alpha value is -1.92. The molecule has 1 aromatic rings. The van der Waals surface area contributed by atoms with Crippen molar-refractivity contribution in [3.63, 3.8) is 0 Å². The van der Waals surface area contributed by atoms with Crippen LogP contribution < -0.4 is 10.1 Å². The Kier molecular flexibility index (Phi) is 3.78. The quantitative estimate of drug-likeness (QED) is 0.898. The first-order valence-electron chi connectivity index (χ1n) is 6.06. The zero-order chi connectivity index (χ0) is 14.9. The molecular weight excluding hydrogens is 275 g/mol. The molecule has 0 fully saturated rings. The number of benzene rings is 1. The molecule has 4 nitrogen and oxygen atoms in total. The highest BCUT2D eigenvalue weighted by Crippen LogP contribution is 2.39. The van der Waals surface area contributed by atoms with Crippen LogP contribution in [0, 0.1) is 0 Å². The van der Waals surface area contributed by atoms with E-state index in [0.717, 1.165) is 0 Å². The molecule has 0 aliphatic carbocycles. The predicted molar refractivity (Wildman–Crippen MR) is 66.1 cm³/mol. The Morgan fingerprint density at radius 1 is 1.50 bits per heavy atom. The van der Waals surface area contributed by atoms with Gasteiger partial charge in [-0.25, -0.2) is 0 Å². The van der Waals surface area contributed by atoms with Crippen LogP contribution in [0.25, 0.3) is 0 Å². The van der Waals surface area contributed by atoms with E-state index in [-0.39, 0.29) is 25.0 Å². The lowest BCUT2D eigenvalue weighted by Gasteiger charge is -2.30. The largest absolute Gasteiger partial charge is 0.495 e. The SMILES string of the molecule is COc1cc(CC(=O)O)cc2c1NC(C(F)(F)F)CC2. The summed E-state index contributed by atoms with van der Waals surface area (Å²) in [5.41, 5.74) is 1.47. The fourth-order valence-corrected chi connectivity index (χ4v) is 2.33. The van der Waals surface area contributed by atoms with Crippen molar-refractivity contribution in [3.05, 3.63) is 23.3 Å². The standard InChI is InChI=1S/C13H14F3NO3/c1-20-9-5-7(6-11(18)19)4-8-2-3-10(13(14,15)16)17-12(8)9/h4-5,10,17H,2-3,6H2,1H3,(H,18,19). The van der Waals surface area contributed by atoms with Gasteiger partial charge >= 0.3 is 12.1 Å². The minimum Gasteiger partial charge on any atom is -0.495 e. The molecule has 0 aromatic heterocycles. The van der Waals surface area contributed by atoms with E-state index < -0.39 is 18.2 Å². The Morgan fingerprint density at radius 3 is 2.75 bits per heavy atom. The number of carbonyl (C=O) groups is 1. The fourth-order valence-electron chi connectivity index (χ4n) is 2.33. The van der Waals surface area contributed by atoms with Crippen molar-refractivity contribution in [2.24, 2.45) is 0 Å². The second kappa shape index (κ2) is 5.22. The average molecular weight is 289 g/mol. The second-order valence-corrected chi connectivity index (χ2v) is 4.68. The number of methoxy groups -OCH3 is 1. The zero-order valence-corrected chi connectivity index (χ0v) is 10.8. The molecule has 1 atom stereocenters. The number of hydrogen-bond donors (Lipinski definition) is 2. The van der Waals surface area contributed by atoms with Gasteiger partial charge in [0.1, 0.15) is 11.8 Å². The number of hydrogen-bond acceptors (Lipinski definition) is 3. The average Bonchev–Trinajstić information content (AvgIpc) is 2.35. The van der Waals surface area contributed by atoms with Crippen molar-refractivity contribution in [2.75, 3.05) is 12.4 Å². The van der Waals surface area contributed by atoms with Gasteiger partial charge in [0.15, 0.2) is 0 Å². The molecule has 1 aromatic carbocycles. The molecule has 2 N–H and O–H groups in total. The second-order valence-electron chi connectivity index (χ2n) is 4.68. The van der Waals surface area contributed by atoms with Crippen LogP contribution in [-0.4, -0.2) is 30.4 Å². The maximum absolute atomic E-state index is 12.7. The molecule has 1 aliphatic rings. The van der Waals surface area contributed by atoms with Gasteiger partial charge in [-0.15, -0.1) is 0 Å². The summed E-state index contributed by atoms with van der Waals surface area (Å²) in [5.74, 6) is -0.753. The van der Waals surface area contributed by atoms with Gasteiger partial charge in [0.25, 0.3) is 0 Å². The number of fused-ring (bicyclic) bond motifs is 1. The zero-order valence-electron chi connectivity index (χ0n) is 10.8. The summed E-state index contributed by atoms with van der Waals surface area (Å²) < 4.78 is 43.3.